The summed E-state index contributed by atoms with van der Waals surface area (Å²) in [5.74, 6) is -1.55. The van der Waals surface area contributed by atoms with Crippen LogP contribution in [0.3, 0.4) is 0 Å². The standard InChI is InChI=1S/C21H23N3O6S/c1-15(25)23-18-6-4-16(5-7-18)20(26)14-30-21(27)17-8-11-24(12-9-17)31(28,29)19-3-2-10-22-13-19/h2-7,10,13,17H,8-9,11-12,14H2,1H3,(H,23,25). The topological polar surface area (TPSA) is 123 Å². The number of ether oxygens (including phenoxy) is 1. The van der Waals surface area contributed by atoms with Crippen LogP contribution >= 0.6 is 0 Å². The van der Waals surface area contributed by atoms with E-state index in [1.807, 2.05) is 0 Å². The van der Waals surface area contributed by atoms with Crippen molar-refractivity contribution in [2.75, 3.05) is 25.0 Å². The molecular weight excluding hydrogens is 422 g/mol. The van der Waals surface area contributed by atoms with Crippen LogP contribution in [0.15, 0.2) is 53.7 Å². The zero-order valence-electron chi connectivity index (χ0n) is 17.0. The van der Waals surface area contributed by atoms with Crippen LogP contribution in [0.4, 0.5) is 5.69 Å². The third kappa shape index (κ3) is 5.74. The maximum absolute atomic E-state index is 12.6. The molecule has 1 aromatic heterocycles. The van der Waals surface area contributed by atoms with Crippen LogP contribution in [0.2, 0.25) is 0 Å². The summed E-state index contributed by atoms with van der Waals surface area (Å²) >= 11 is 0. The van der Waals surface area contributed by atoms with E-state index in [-0.39, 0.29) is 29.7 Å². The number of rotatable bonds is 7. The highest BCUT2D eigenvalue weighted by atomic mass is 32.2. The largest absolute Gasteiger partial charge is 0.457 e. The van der Waals surface area contributed by atoms with Crippen molar-refractivity contribution < 1.29 is 27.5 Å². The molecule has 1 aliphatic rings. The number of hydrogen-bond acceptors (Lipinski definition) is 7. The molecule has 0 atom stereocenters. The Morgan fingerprint density at radius 2 is 1.81 bits per heavy atom. The van der Waals surface area contributed by atoms with Crippen molar-refractivity contribution in [1.82, 2.24) is 9.29 Å². The molecule has 0 bridgehead atoms. The first-order chi connectivity index (χ1) is 14.8. The quantitative estimate of drug-likeness (QED) is 0.510. The lowest BCUT2D eigenvalue weighted by Crippen LogP contribution is -2.40. The van der Waals surface area contributed by atoms with Crippen molar-refractivity contribution in [3.8, 4) is 0 Å². The summed E-state index contributed by atoms with van der Waals surface area (Å²) in [4.78, 5) is 39.6. The lowest BCUT2D eigenvalue weighted by molar-refractivity contribution is -0.148. The predicted molar refractivity (Wildman–Crippen MR) is 112 cm³/mol. The highest BCUT2D eigenvalue weighted by Gasteiger charge is 2.33. The number of pyridine rings is 1. The molecule has 2 heterocycles. The average molecular weight is 445 g/mol. The van der Waals surface area contributed by atoms with Crippen LogP contribution in [-0.4, -0.2) is 55.1 Å². The molecule has 1 amide bonds. The second kappa shape index (κ2) is 9.80. The summed E-state index contributed by atoms with van der Waals surface area (Å²) in [7, 11) is -3.65. The first-order valence-electron chi connectivity index (χ1n) is 9.75. The smallest absolute Gasteiger partial charge is 0.309 e. The van der Waals surface area contributed by atoms with Crippen LogP contribution in [0.25, 0.3) is 0 Å². The van der Waals surface area contributed by atoms with E-state index in [0.29, 0.717) is 24.1 Å². The Bertz CT molecular complexity index is 1050. The number of benzene rings is 1. The molecule has 0 radical (unpaired) electrons. The van der Waals surface area contributed by atoms with Gasteiger partial charge in [-0.15, -0.1) is 0 Å². The number of piperidine rings is 1. The summed E-state index contributed by atoms with van der Waals surface area (Å²) in [6.45, 7) is 1.37. The van der Waals surface area contributed by atoms with E-state index in [4.69, 9.17) is 4.74 Å². The lowest BCUT2D eigenvalue weighted by atomic mass is 9.98. The van der Waals surface area contributed by atoms with Gasteiger partial charge in [-0.3, -0.25) is 19.4 Å². The minimum absolute atomic E-state index is 0.117. The Morgan fingerprint density at radius 1 is 1.13 bits per heavy atom. The fraction of sp³-hybridized carbons (Fsp3) is 0.333. The van der Waals surface area contributed by atoms with Crippen molar-refractivity contribution in [2.45, 2.75) is 24.7 Å². The van der Waals surface area contributed by atoms with Gasteiger partial charge in [-0.25, -0.2) is 8.42 Å². The Morgan fingerprint density at radius 3 is 2.39 bits per heavy atom. The monoisotopic (exact) mass is 445 g/mol. The number of amides is 1. The summed E-state index contributed by atoms with van der Waals surface area (Å²) in [6.07, 6.45) is 3.43. The second-order valence-electron chi connectivity index (χ2n) is 7.16. The van der Waals surface area contributed by atoms with Crippen molar-refractivity contribution >= 4 is 33.4 Å². The van der Waals surface area contributed by atoms with Crippen LogP contribution in [0.5, 0.6) is 0 Å². The third-order valence-corrected chi connectivity index (χ3v) is 6.81. The molecule has 0 unspecified atom stereocenters. The fourth-order valence-corrected chi connectivity index (χ4v) is 4.70. The molecule has 3 rings (SSSR count). The Labute approximate surface area is 180 Å². The predicted octanol–water partition coefficient (Wildman–Crippen LogP) is 1.87. The molecule has 2 aromatic rings. The van der Waals surface area contributed by atoms with E-state index in [9.17, 15) is 22.8 Å². The van der Waals surface area contributed by atoms with Gasteiger partial charge in [0.05, 0.1) is 5.92 Å². The molecule has 0 spiro atoms. The van der Waals surface area contributed by atoms with Crippen LogP contribution in [0, 0.1) is 5.92 Å². The number of Topliss-reactive ketones (excluding diaryl/α,β-unsaturated/α-hetero) is 1. The zero-order valence-corrected chi connectivity index (χ0v) is 17.8. The molecule has 1 aliphatic heterocycles. The van der Waals surface area contributed by atoms with Crippen molar-refractivity contribution in [3.05, 3.63) is 54.4 Å². The Hall–Kier alpha value is -3.11. The highest BCUT2D eigenvalue weighted by Crippen LogP contribution is 2.24. The van der Waals surface area contributed by atoms with E-state index >= 15 is 0 Å². The first kappa shape index (κ1) is 22.6. The molecular formula is C21H23N3O6S. The minimum Gasteiger partial charge on any atom is -0.457 e. The molecule has 1 N–H and O–H groups in total. The third-order valence-electron chi connectivity index (χ3n) is 4.93. The van der Waals surface area contributed by atoms with E-state index in [1.165, 1.54) is 29.7 Å². The van der Waals surface area contributed by atoms with Crippen molar-refractivity contribution in [1.29, 1.82) is 0 Å². The number of nitrogens with zero attached hydrogens (tertiary/aromatic N) is 2. The first-order valence-corrected chi connectivity index (χ1v) is 11.2. The average Bonchev–Trinajstić information content (AvgIpc) is 2.78. The Kier molecular flexibility index (Phi) is 7.13. The van der Waals surface area contributed by atoms with Gasteiger partial charge in [0, 0.05) is 43.7 Å². The van der Waals surface area contributed by atoms with Crippen LogP contribution in [-0.2, 0) is 24.3 Å². The maximum Gasteiger partial charge on any atom is 0.309 e. The summed E-state index contributed by atoms with van der Waals surface area (Å²) in [6, 6.07) is 9.31. The number of nitrogens with one attached hydrogen (secondary N) is 1. The van der Waals surface area contributed by atoms with Gasteiger partial charge in [-0.1, -0.05) is 0 Å². The number of hydrogen-bond donors (Lipinski definition) is 1. The molecule has 31 heavy (non-hydrogen) atoms. The number of ketones is 1. The van der Waals surface area contributed by atoms with E-state index in [2.05, 4.69) is 10.3 Å². The van der Waals surface area contributed by atoms with Gasteiger partial charge in [0.15, 0.2) is 12.4 Å². The van der Waals surface area contributed by atoms with Crippen molar-refractivity contribution in [3.63, 3.8) is 0 Å². The number of sulfonamides is 1. The number of carbonyl (C=O) groups is 3. The molecule has 1 fully saturated rings. The molecule has 9 nitrogen and oxygen atoms in total. The maximum atomic E-state index is 12.6. The highest BCUT2D eigenvalue weighted by molar-refractivity contribution is 7.89. The van der Waals surface area contributed by atoms with E-state index in [1.54, 1.807) is 30.3 Å². The molecule has 1 saturated heterocycles. The number of carbonyl (C=O) groups excluding carboxylic acids is 3. The van der Waals surface area contributed by atoms with Gasteiger partial charge >= 0.3 is 5.97 Å². The van der Waals surface area contributed by atoms with E-state index < -0.39 is 28.5 Å². The molecule has 164 valence electrons. The van der Waals surface area contributed by atoms with Crippen LogP contribution < -0.4 is 5.32 Å². The zero-order chi connectivity index (χ0) is 22.4. The summed E-state index contributed by atoms with van der Waals surface area (Å²) in [5.41, 5.74) is 0.924. The number of esters is 1. The molecule has 10 heteroatoms. The SMILES string of the molecule is CC(=O)Nc1ccc(C(=O)COC(=O)C2CCN(S(=O)(=O)c3cccnc3)CC2)cc1. The molecule has 1 aromatic carbocycles. The Balaban J connectivity index is 1.49. The summed E-state index contributed by atoms with van der Waals surface area (Å²) < 4.78 is 31.7. The van der Waals surface area contributed by atoms with Crippen molar-refractivity contribution in [2.24, 2.45) is 5.92 Å². The van der Waals surface area contributed by atoms with Crippen LogP contribution in [0.1, 0.15) is 30.1 Å². The van der Waals surface area contributed by atoms with Gasteiger partial charge in [0.25, 0.3) is 0 Å². The molecule has 0 saturated carbocycles. The lowest BCUT2D eigenvalue weighted by Gasteiger charge is -2.29. The summed E-state index contributed by atoms with van der Waals surface area (Å²) in [5, 5.41) is 2.60. The van der Waals surface area contributed by atoms with Gasteiger partial charge in [0.2, 0.25) is 15.9 Å². The second-order valence-corrected chi connectivity index (χ2v) is 9.09. The fourth-order valence-electron chi connectivity index (χ4n) is 3.26. The van der Waals surface area contributed by atoms with Gasteiger partial charge in [0.1, 0.15) is 4.90 Å². The molecule has 0 aliphatic carbocycles. The van der Waals surface area contributed by atoms with Gasteiger partial charge < -0.3 is 10.1 Å². The minimum atomic E-state index is -3.65. The van der Waals surface area contributed by atoms with Gasteiger partial charge in [-0.05, 0) is 49.2 Å². The van der Waals surface area contributed by atoms with Gasteiger partial charge in [-0.2, -0.15) is 4.31 Å². The number of aromatic nitrogens is 1. The van der Waals surface area contributed by atoms with E-state index in [0.717, 1.165) is 0 Å². The number of anilines is 1. The normalized spacial score (nSPS) is 15.3.